The Morgan fingerprint density at radius 1 is 0.562 bits per heavy atom. The number of para-hydroxylation sites is 2. The number of aliphatic hydroxyl groups excluding tert-OH is 3. The summed E-state index contributed by atoms with van der Waals surface area (Å²) >= 11 is 0. The van der Waals surface area contributed by atoms with Gasteiger partial charge >= 0.3 is 23.9 Å². The molecule has 2 saturated carbocycles. The lowest BCUT2D eigenvalue weighted by atomic mass is 9.83. The maximum atomic E-state index is 13.5. The number of fused-ring (bicyclic) bond motifs is 2. The van der Waals surface area contributed by atoms with Crippen molar-refractivity contribution < 1.29 is 91.9 Å². The van der Waals surface area contributed by atoms with Crippen molar-refractivity contribution in [3.63, 3.8) is 0 Å². The summed E-state index contributed by atoms with van der Waals surface area (Å²) in [7, 11) is 1.17. The van der Waals surface area contributed by atoms with E-state index in [4.69, 9.17) is 33.2 Å². The minimum absolute atomic E-state index is 0.0824. The molecule has 4 fully saturated rings. The number of esters is 3. The van der Waals surface area contributed by atoms with Crippen LogP contribution in [0, 0.1) is 5.92 Å². The van der Waals surface area contributed by atoms with Gasteiger partial charge in [0.1, 0.15) is 52.9 Å². The topological polar surface area (TPSA) is 324 Å². The summed E-state index contributed by atoms with van der Waals surface area (Å²) in [5.74, 6) is -6.72. The third-order valence-electron chi connectivity index (χ3n) is 18.4. The van der Waals surface area contributed by atoms with Gasteiger partial charge in [0.25, 0.3) is 0 Å². The summed E-state index contributed by atoms with van der Waals surface area (Å²) in [5.41, 5.74) is 9.23. The lowest BCUT2D eigenvalue weighted by Gasteiger charge is -2.42. The number of carboxylic acid groups (broad SMARTS) is 1. The predicted molar refractivity (Wildman–Crippen MR) is 314 cm³/mol. The number of H-pyrrole nitrogens is 2. The molecule has 89 heavy (non-hydrogen) atoms. The Kier molecular flexibility index (Phi) is 15.4. The number of rotatable bonds is 12. The van der Waals surface area contributed by atoms with Gasteiger partial charge < -0.3 is 72.7 Å². The first-order chi connectivity index (χ1) is 42.8. The van der Waals surface area contributed by atoms with Gasteiger partial charge in [0.2, 0.25) is 12.6 Å². The Bertz CT molecular complexity index is 4230. The fraction of sp³-hybridized carbons (Fsp3) is 0.394. The van der Waals surface area contributed by atoms with Crippen molar-refractivity contribution in [2.45, 2.75) is 151 Å². The lowest BCUT2D eigenvalue weighted by Crippen LogP contribution is -2.61. The number of nitrogens with one attached hydrogen (secondary N) is 2. The zero-order valence-corrected chi connectivity index (χ0v) is 48.8. The van der Waals surface area contributed by atoms with E-state index >= 15 is 0 Å². The second-order valence-electron chi connectivity index (χ2n) is 23.8. The summed E-state index contributed by atoms with van der Waals surface area (Å²) in [6, 6.07) is 22.5. The molecule has 6 aliphatic rings. The van der Waals surface area contributed by atoms with Crippen LogP contribution >= 0.6 is 0 Å². The Morgan fingerprint density at radius 2 is 1.02 bits per heavy atom. The number of aromatic nitrogens is 4. The second-order valence-corrected chi connectivity index (χ2v) is 23.8. The zero-order chi connectivity index (χ0) is 62.4. The predicted octanol–water partition coefficient (Wildman–Crippen LogP) is 6.00. The molecule has 23 nitrogen and oxygen atoms in total. The summed E-state index contributed by atoms with van der Waals surface area (Å²) in [6.07, 6.45) is -2.12. The van der Waals surface area contributed by atoms with Crippen LogP contribution in [-0.4, -0.2) is 149 Å². The highest BCUT2D eigenvalue weighted by atomic mass is 16.7. The Balaban J connectivity index is 0.000000166. The number of carbonyl (C=O) groups is 8. The molecule has 23 heteroatoms. The summed E-state index contributed by atoms with van der Waals surface area (Å²) in [4.78, 5) is 108. The van der Waals surface area contributed by atoms with E-state index in [-0.39, 0.29) is 41.7 Å². The van der Waals surface area contributed by atoms with Crippen molar-refractivity contribution in [3.05, 3.63) is 131 Å². The molecule has 8 heterocycles. The molecule has 4 aromatic heterocycles. The number of aryl methyl sites for hydroxylation is 4. The van der Waals surface area contributed by atoms with Gasteiger partial charge in [-0.05, 0) is 83.3 Å². The van der Waals surface area contributed by atoms with E-state index in [1.54, 1.807) is 49.6 Å². The van der Waals surface area contributed by atoms with Crippen LogP contribution in [0.15, 0.2) is 97.6 Å². The third-order valence-corrected chi connectivity index (χ3v) is 18.4. The number of benzene rings is 4. The minimum Gasteiger partial charge on any atom is -0.479 e. The van der Waals surface area contributed by atoms with Crippen molar-refractivity contribution in [2.75, 3.05) is 7.11 Å². The molecule has 2 saturated heterocycles. The highest BCUT2D eigenvalue weighted by molar-refractivity contribution is 6.17. The van der Waals surface area contributed by atoms with Gasteiger partial charge in [0.15, 0.2) is 24.4 Å². The number of hydrogen-bond donors (Lipinski definition) is 6. The Morgan fingerprint density at radius 3 is 1.49 bits per heavy atom. The Hall–Kier alpha value is -9.00. The number of ether oxygens (including phenoxy) is 7. The molecular formula is C66H64N4O19. The van der Waals surface area contributed by atoms with Gasteiger partial charge in [-0.25, -0.2) is 9.59 Å². The first-order valence-corrected chi connectivity index (χ1v) is 29.7. The van der Waals surface area contributed by atoms with Gasteiger partial charge in [0.05, 0.1) is 60.6 Å². The molecule has 14 rings (SSSR count). The van der Waals surface area contributed by atoms with Crippen LogP contribution in [0.1, 0.15) is 104 Å². The fourth-order valence-corrected chi connectivity index (χ4v) is 14.4. The monoisotopic (exact) mass is 1220 g/mol. The standard InChI is InChI=1S/C36H36N2O10.C30H28N2O9/c1-17-32(45-18(2)39)33(46-19(3)40)34(35(43)44-4)48-36(17)47-21-10-11-22-24(15-37-26(22)13-21)29-27(41)14-28(42)30(29)25-16-38-12-6-8-20-7-5-9-23(25)31(20)38;33-20-10-21(34)23(18-12-32-8-2-4-13-3-1-5-16(18)24(13)32)22(20)17-11-31-19-9-14(6-7-15(17)19)40-30-27(37)25(35)26(36)28(41-30)29(38)39/h5,7,9-11,13,15-17,29-30,32-34,36-37H,6,8,12,14H2,1-4H3;1,3,5-7,9,11-12,22-23,25-28,30-31,35-37H,2,4,8,10H2,(H,38,39)/t17-,29-,30-,32-,33+,34+,36?;22-,23-,25+,26+,27-,28+,30?/m11/s1. The van der Waals surface area contributed by atoms with E-state index in [0.717, 1.165) is 82.7 Å². The van der Waals surface area contributed by atoms with Crippen LogP contribution in [0.25, 0.3) is 43.6 Å². The van der Waals surface area contributed by atoms with Crippen LogP contribution in [0.4, 0.5) is 0 Å². The maximum absolute atomic E-state index is 13.5. The van der Waals surface area contributed by atoms with Crippen molar-refractivity contribution in [2.24, 2.45) is 5.92 Å². The number of aliphatic hydroxyl groups is 3. The lowest BCUT2D eigenvalue weighted by molar-refractivity contribution is -0.271. The molecule has 0 bridgehead atoms. The number of methoxy groups -OCH3 is 1. The molecule has 8 aromatic rings. The minimum atomic E-state index is -1.82. The van der Waals surface area contributed by atoms with Gasteiger partial charge in [0, 0.05) is 96.4 Å². The second kappa shape index (κ2) is 23.2. The van der Waals surface area contributed by atoms with E-state index < -0.39 is 109 Å². The number of aliphatic carboxylic acids is 1. The average Bonchev–Trinajstić information content (AvgIpc) is 1.61. The van der Waals surface area contributed by atoms with Crippen LogP contribution in [0.3, 0.4) is 0 Å². The van der Waals surface area contributed by atoms with E-state index in [1.165, 1.54) is 32.1 Å². The number of carboxylic acids is 1. The van der Waals surface area contributed by atoms with Gasteiger partial charge in [-0.2, -0.15) is 0 Å². The molecule has 462 valence electrons. The first-order valence-electron chi connectivity index (χ1n) is 29.7. The summed E-state index contributed by atoms with van der Waals surface area (Å²) < 4.78 is 43.2. The number of Topliss-reactive ketones (excluding diaryl/α,β-unsaturated/α-hetero) is 4. The van der Waals surface area contributed by atoms with Crippen LogP contribution < -0.4 is 9.47 Å². The number of aromatic amines is 2. The van der Waals surface area contributed by atoms with E-state index in [0.29, 0.717) is 27.7 Å². The fourth-order valence-electron chi connectivity index (χ4n) is 14.4. The highest BCUT2D eigenvalue weighted by Gasteiger charge is 2.53. The number of carbonyl (C=O) groups excluding carboxylic acids is 7. The third kappa shape index (κ3) is 10.3. The molecule has 0 radical (unpaired) electrons. The number of ketones is 4. The van der Waals surface area contributed by atoms with E-state index in [2.05, 4.69) is 37.4 Å². The maximum Gasteiger partial charge on any atom is 0.339 e. The van der Waals surface area contributed by atoms with Crippen LogP contribution in [0.5, 0.6) is 11.5 Å². The number of nitrogens with zero attached hydrogens (tertiary/aromatic N) is 2. The molecule has 0 amide bonds. The molecule has 6 N–H and O–H groups in total. The first kappa shape index (κ1) is 59.0. The number of hydrogen-bond acceptors (Lipinski definition) is 18. The quantitative estimate of drug-likeness (QED) is 0.0464. The smallest absolute Gasteiger partial charge is 0.339 e. The van der Waals surface area contributed by atoms with E-state index in [9.17, 15) is 58.8 Å². The summed E-state index contributed by atoms with van der Waals surface area (Å²) in [6.45, 7) is 5.82. The molecule has 14 atom stereocenters. The highest BCUT2D eigenvalue weighted by Crippen LogP contribution is 2.50. The van der Waals surface area contributed by atoms with Crippen molar-refractivity contribution >= 4 is 90.6 Å². The average molecular weight is 1220 g/mol. The molecule has 2 aliphatic carbocycles. The molecule has 2 unspecified atom stereocenters. The molecule has 4 aliphatic heterocycles. The van der Waals surface area contributed by atoms with E-state index in [1.807, 2.05) is 36.5 Å². The normalized spacial score (nSPS) is 28.3. The van der Waals surface area contributed by atoms with Crippen molar-refractivity contribution in [3.8, 4) is 11.5 Å². The van der Waals surface area contributed by atoms with Crippen molar-refractivity contribution in [1.29, 1.82) is 0 Å². The SMILES string of the molecule is COC(=O)[C@H]1OC(Oc2ccc3c([C@@H]4C(=O)CC(=O)[C@H]4c4cn5c6c(cccc46)CCC5)c[nH]c3c2)[C@H](C)[C@@H](OC(C)=O)[C@@H]1OC(C)=O.O=C(O)[C@H]1OC(Oc2ccc3c([C@@H]4C(=O)CC(=O)[C@H]4c4cn5c6c(cccc46)CCC5)c[nH]c3c2)[C@H](O)[C@@H](O)[C@@H]1O. The van der Waals surface area contributed by atoms with Gasteiger partial charge in [-0.15, -0.1) is 0 Å². The van der Waals surface area contributed by atoms with Crippen LogP contribution in [0.2, 0.25) is 0 Å². The van der Waals surface area contributed by atoms with Crippen LogP contribution in [-0.2, 0) is 88.0 Å². The van der Waals surface area contributed by atoms with Gasteiger partial charge in [-0.3, -0.25) is 28.8 Å². The Labute approximate surface area is 506 Å². The largest absolute Gasteiger partial charge is 0.479 e. The zero-order valence-electron chi connectivity index (χ0n) is 48.8. The molecule has 0 spiro atoms. The molecule has 4 aromatic carbocycles. The molecular weight excluding hydrogens is 1150 g/mol. The summed E-state index contributed by atoms with van der Waals surface area (Å²) in [5, 5.41) is 43.1. The van der Waals surface area contributed by atoms with Gasteiger partial charge in [-0.1, -0.05) is 43.3 Å². The van der Waals surface area contributed by atoms with Crippen molar-refractivity contribution in [1.82, 2.24) is 19.1 Å².